The number of hydrogen-bond donors (Lipinski definition) is 2. The number of halogens is 2. The molecule has 1 saturated heterocycles. The molecule has 0 aromatic heterocycles. The summed E-state index contributed by atoms with van der Waals surface area (Å²) >= 11 is 0. The maximum absolute atomic E-state index is 10.8. The number of hydrogen-bond acceptors (Lipinski definition) is 3. The van der Waals surface area contributed by atoms with Crippen LogP contribution < -0.4 is 5.32 Å². The van der Waals surface area contributed by atoms with Crippen molar-refractivity contribution in [3.63, 3.8) is 0 Å². The van der Waals surface area contributed by atoms with E-state index in [2.05, 4.69) is 24.1 Å². The van der Waals surface area contributed by atoms with Crippen molar-refractivity contribution in [2.24, 2.45) is 5.92 Å². The summed E-state index contributed by atoms with van der Waals surface area (Å²) in [5.41, 5.74) is 1.02. The Labute approximate surface area is 172 Å². The molecule has 3 nitrogen and oxygen atoms in total. The van der Waals surface area contributed by atoms with Crippen molar-refractivity contribution in [2.45, 2.75) is 64.5 Å². The topological polar surface area (TPSA) is 35.5 Å². The van der Waals surface area contributed by atoms with Crippen LogP contribution in [0.4, 0.5) is 0 Å². The van der Waals surface area contributed by atoms with Crippen LogP contribution in [0.2, 0.25) is 0 Å². The molecule has 1 aromatic carbocycles. The minimum atomic E-state index is -0.417. The first-order chi connectivity index (χ1) is 11.7. The van der Waals surface area contributed by atoms with E-state index in [1.807, 2.05) is 30.3 Å². The lowest BCUT2D eigenvalue weighted by Crippen LogP contribution is -2.38. The molecule has 152 valence electrons. The summed E-state index contributed by atoms with van der Waals surface area (Å²) in [6.45, 7) is 9.21. The van der Waals surface area contributed by atoms with E-state index >= 15 is 0 Å². The number of rotatable bonds is 10. The van der Waals surface area contributed by atoms with Crippen LogP contribution in [0.5, 0.6) is 0 Å². The van der Waals surface area contributed by atoms with E-state index in [1.165, 1.54) is 45.3 Å². The fourth-order valence-corrected chi connectivity index (χ4v) is 3.54. The van der Waals surface area contributed by atoms with Gasteiger partial charge in [-0.3, -0.25) is 0 Å². The van der Waals surface area contributed by atoms with Gasteiger partial charge in [0.1, 0.15) is 0 Å². The Balaban J connectivity index is 0.00000312. The van der Waals surface area contributed by atoms with Gasteiger partial charge in [0.15, 0.2) is 0 Å². The number of benzene rings is 1. The highest BCUT2D eigenvalue weighted by Gasteiger charge is 2.20. The summed E-state index contributed by atoms with van der Waals surface area (Å²) in [7, 11) is 0. The highest BCUT2D eigenvalue weighted by Crippen LogP contribution is 2.21. The van der Waals surface area contributed by atoms with Gasteiger partial charge in [-0.05, 0) is 69.8 Å². The minimum absolute atomic E-state index is 0. The first-order valence-corrected chi connectivity index (χ1v) is 9.85. The zero-order valence-electron chi connectivity index (χ0n) is 16.4. The van der Waals surface area contributed by atoms with Gasteiger partial charge in [0, 0.05) is 6.04 Å². The number of aliphatic hydroxyl groups is 1. The lowest BCUT2D eigenvalue weighted by Gasteiger charge is -2.28. The smallest absolute Gasteiger partial charge is 0.0942 e. The van der Waals surface area contributed by atoms with Gasteiger partial charge >= 0.3 is 0 Å². The van der Waals surface area contributed by atoms with E-state index in [4.69, 9.17) is 0 Å². The predicted molar refractivity (Wildman–Crippen MR) is 117 cm³/mol. The van der Waals surface area contributed by atoms with Gasteiger partial charge < -0.3 is 15.3 Å². The molecule has 0 spiro atoms. The quantitative estimate of drug-likeness (QED) is 0.547. The maximum atomic E-state index is 10.8. The molecule has 1 heterocycles. The molecule has 2 atom stereocenters. The van der Waals surface area contributed by atoms with Crippen LogP contribution >= 0.6 is 24.8 Å². The molecule has 0 radical (unpaired) electrons. The van der Waals surface area contributed by atoms with Gasteiger partial charge in [0.05, 0.1) is 6.10 Å². The third kappa shape index (κ3) is 9.57. The summed E-state index contributed by atoms with van der Waals surface area (Å²) in [6.07, 6.45) is 7.04. The van der Waals surface area contributed by atoms with E-state index in [-0.39, 0.29) is 30.9 Å². The van der Waals surface area contributed by atoms with E-state index in [1.54, 1.807) is 0 Å². The number of nitrogens with zero attached hydrogens (tertiary/aromatic N) is 1. The Morgan fingerprint density at radius 2 is 1.65 bits per heavy atom. The molecule has 26 heavy (non-hydrogen) atoms. The molecule has 5 heteroatoms. The summed E-state index contributed by atoms with van der Waals surface area (Å²) in [4.78, 5) is 2.59. The Morgan fingerprint density at radius 1 is 1.00 bits per heavy atom. The van der Waals surface area contributed by atoms with Crippen molar-refractivity contribution in [1.29, 1.82) is 0 Å². The number of aliphatic hydroxyl groups excluding tert-OH is 1. The van der Waals surface area contributed by atoms with Crippen molar-refractivity contribution in [3.05, 3.63) is 35.9 Å². The molecule has 1 fully saturated rings. The van der Waals surface area contributed by atoms with Crippen LogP contribution in [0.3, 0.4) is 0 Å². The Bertz CT molecular complexity index is 439. The average molecular weight is 405 g/mol. The molecule has 2 rings (SSSR count). The van der Waals surface area contributed by atoms with Crippen LogP contribution in [-0.2, 0) is 0 Å². The molecular weight excluding hydrogens is 367 g/mol. The van der Waals surface area contributed by atoms with Crippen molar-refractivity contribution in [3.8, 4) is 0 Å². The molecule has 0 aliphatic carbocycles. The molecule has 1 aromatic rings. The second kappa shape index (κ2) is 14.7. The second-order valence-corrected chi connectivity index (χ2v) is 7.64. The van der Waals surface area contributed by atoms with Gasteiger partial charge in [-0.15, -0.1) is 24.8 Å². The van der Waals surface area contributed by atoms with Gasteiger partial charge in [-0.1, -0.05) is 50.6 Å². The predicted octanol–water partition coefficient (Wildman–Crippen LogP) is 4.83. The van der Waals surface area contributed by atoms with Gasteiger partial charge in [0.2, 0.25) is 0 Å². The van der Waals surface area contributed by atoms with Gasteiger partial charge in [-0.25, -0.2) is 0 Å². The SMILES string of the molecule is CC(C)CCC(NCCCN1CCCCC1)C(O)c1ccccc1.Cl.Cl. The van der Waals surface area contributed by atoms with Crippen molar-refractivity contribution >= 4 is 24.8 Å². The van der Waals surface area contributed by atoms with Crippen LogP contribution in [-0.4, -0.2) is 42.2 Å². The highest BCUT2D eigenvalue weighted by molar-refractivity contribution is 5.85. The highest BCUT2D eigenvalue weighted by atomic mass is 35.5. The zero-order valence-corrected chi connectivity index (χ0v) is 18.0. The van der Waals surface area contributed by atoms with Gasteiger partial charge in [-0.2, -0.15) is 0 Å². The fourth-order valence-electron chi connectivity index (χ4n) is 3.54. The standard InChI is InChI=1S/C21H36N2O.2ClH/c1-18(2)12-13-20(21(24)19-10-5-3-6-11-19)22-14-9-17-23-15-7-4-8-16-23;;/h3,5-6,10-11,18,20-22,24H,4,7-9,12-17H2,1-2H3;2*1H. The lowest BCUT2D eigenvalue weighted by molar-refractivity contribution is 0.119. The molecule has 2 unspecified atom stereocenters. The third-order valence-corrected chi connectivity index (χ3v) is 5.08. The summed E-state index contributed by atoms with van der Waals surface area (Å²) < 4.78 is 0. The van der Waals surface area contributed by atoms with Crippen LogP contribution in [0.15, 0.2) is 30.3 Å². The minimum Gasteiger partial charge on any atom is -0.387 e. The van der Waals surface area contributed by atoms with Crippen molar-refractivity contribution in [2.75, 3.05) is 26.2 Å². The number of nitrogens with one attached hydrogen (secondary N) is 1. The Kier molecular flexibility index (Phi) is 14.5. The van der Waals surface area contributed by atoms with E-state index in [9.17, 15) is 5.11 Å². The monoisotopic (exact) mass is 404 g/mol. The summed E-state index contributed by atoms with van der Waals surface area (Å²) in [5, 5.41) is 14.4. The maximum Gasteiger partial charge on any atom is 0.0942 e. The van der Waals surface area contributed by atoms with E-state index < -0.39 is 6.10 Å². The largest absolute Gasteiger partial charge is 0.387 e. The molecule has 1 aliphatic rings. The second-order valence-electron chi connectivity index (χ2n) is 7.64. The molecular formula is C21H38Cl2N2O. The molecule has 2 N–H and O–H groups in total. The van der Waals surface area contributed by atoms with Crippen LogP contribution in [0.1, 0.15) is 64.0 Å². The molecule has 0 amide bonds. The fraction of sp³-hybridized carbons (Fsp3) is 0.714. The number of piperidine rings is 1. The number of likely N-dealkylation sites (tertiary alicyclic amines) is 1. The molecule has 1 aliphatic heterocycles. The average Bonchev–Trinajstić information content (AvgIpc) is 2.62. The van der Waals surface area contributed by atoms with Crippen molar-refractivity contribution in [1.82, 2.24) is 10.2 Å². The Hall–Kier alpha value is -0.320. The zero-order chi connectivity index (χ0) is 17.2. The molecule has 0 bridgehead atoms. The van der Waals surface area contributed by atoms with E-state index in [0.29, 0.717) is 5.92 Å². The van der Waals surface area contributed by atoms with E-state index in [0.717, 1.165) is 24.9 Å². The first-order valence-electron chi connectivity index (χ1n) is 9.85. The van der Waals surface area contributed by atoms with Crippen molar-refractivity contribution < 1.29 is 5.11 Å². The van der Waals surface area contributed by atoms with Crippen LogP contribution in [0.25, 0.3) is 0 Å². The normalized spacial score (nSPS) is 17.2. The first kappa shape index (κ1) is 25.7. The molecule has 0 saturated carbocycles. The third-order valence-electron chi connectivity index (χ3n) is 5.08. The van der Waals surface area contributed by atoms with Gasteiger partial charge in [0.25, 0.3) is 0 Å². The lowest BCUT2D eigenvalue weighted by atomic mass is 9.95. The Morgan fingerprint density at radius 3 is 2.27 bits per heavy atom. The summed E-state index contributed by atoms with van der Waals surface area (Å²) in [5.74, 6) is 0.672. The summed E-state index contributed by atoms with van der Waals surface area (Å²) in [6, 6.07) is 10.2. The van der Waals surface area contributed by atoms with Crippen LogP contribution in [0, 0.1) is 5.92 Å².